The van der Waals surface area contributed by atoms with Crippen LogP contribution in [0, 0.1) is 0 Å². The lowest BCUT2D eigenvalue weighted by molar-refractivity contribution is 0.0835. The Morgan fingerprint density at radius 2 is 1.05 bits per heavy atom. The van der Waals surface area contributed by atoms with E-state index in [-0.39, 0.29) is 11.8 Å². The summed E-state index contributed by atoms with van der Waals surface area (Å²) in [5, 5.41) is 0. The number of carbonyl (C=O) groups excluding carboxylic acids is 2. The lowest BCUT2D eigenvalue weighted by Crippen LogP contribution is -2.52. The van der Waals surface area contributed by atoms with E-state index in [1.165, 1.54) is 0 Å². The Labute approximate surface area is 132 Å². The first-order chi connectivity index (χ1) is 10.5. The molecule has 0 aromatic heterocycles. The molecule has 2 aromatic carbocycles. The van der Waals surface area contributed by atoms with E-state index in [1.54, 1.807) is 47.5 Å². The van der Waals surface area contributed by atoms with Gasteiger partial charge >= 0.3 is 0 Å². The number of amides is 2. The highest BCUT2D eigenvalue weighted by molar-refractivity contribution is 6.58. The highest BCUT2D eigenvalue weighted by Gasteiger charge is 2.27. The van der Waals surface area contributed by atoms with Gasteiger partial charge in [0, 0.05) is 25.2 Å². The van der Waals surface area contributed by atoms with Crippen LogP contribution in [0.5, 0.6) is 0 Å². The molecule has 0 heterocycles. The Kier molecular flexibility index (Phi) is 5.11. The standard InChI is InChI=1S/C17H19N2O2Si/c1-18(16(20)14-10-6-4-7-11-14)22(3)19(2)17(21)15-12-8-5-9-13-15/h4-13H,1-3H3. The smallest absolute Gasteiger partial charge is 0.299 e. The van der Waals surface area contributed by atoms with Gasteiger partial charge in [-0.3, -0.25) is 9.59 Å². The molecule has 2 rings (SSSR count). The van der Waals surface area contributed by atoms with Crippen molar-refractivity contribution >= 4 is 20.9 Å². The van der Waals surface area contributed by atoms with Crippen LogP contribution in [0.4, 0.5) is 0 Å². The fraction of sp³-hybridized carbons (Fsp3) is 0.176. The second kappa shape index (κ2) is 7.04. The molecule has 22 heavy (non-hydrogen) atoms. The topological polar surface area (TPSA) is 40.6 Å². The average Bonchev–Trinajstić information content (AvgIpc) is 2.60. The third kappa shape index (κ3) is 3.43. The summed E-state index contributed by atoms with van der Waals surface area (Å²) in [4.78, 5) is 24.9. The van der Waals surface area contributed by atoms with Crippen molar-refractivity contribution in [1.82, 2.24) is 9.13 Å². The SMILES string of the molecule is CN(C(=O)c1ccccc1)[Si](C)N(C)C(=O)c1ccccc1. The van der Waals surface area contributed by atoms with Crippen LogP contribution in [0.25, 0.3) is 0 Å². The molecule has 0 aliphatic carbocycles. The minimum Gasteiger partial charge on any atom is -0.350 e. The average molecular weight is 311 g/mol. The van der Waals surface area contributed by atoms with E-state index in [4.69, 9.17) is 0 Å². The summed E-state index contributed by atoms with van der Waals surface area (Å²) in [6.45, 7) is 1.94. The van der Waals surface area contributed by atoms with Gasteiger partial charge in [-0.2, -0.15) is 0 Å². The summed E-state index contributed by atoms with van der Waals surface area (Å²) in [6, 6.07) is 18.2. The van der Waals surface area contributed by atoms with Crippen LogP contribution in [0.3, 0.4) is 0 Å². The fourth-order valence-corrected chi connectivity index (χ4v) is 3.36. The molecule has 0 aliphatic rings. The zero-order valence-electron chi connectivity index (χ0n) is 13.0. The Morgan fingerprint density at radius 3 is 1.36 bits per heavy atom. The number of hydrogen-bond acceptors (Lipinski definition) is 2. The van der Waals surface area contributed by atoms with Crippen LogP contribution in [0.15, 0.2) is 60.7 Å². The van der Waals surface area contributed by atoms with Crippen LogP contribution >= 0.6 is 0 Å². The van der Waals surface area contributed by atoms with E-state index < -0.39 is 9.12 Å². The van der Waals surface area contributed by atoms with Crippen molar-refractivity contribution in [1.29, 1.82) is 0 Å². The monoisotopic (exact) mass is 311 g/mol. The predicted molar refractivity (Wildman–Crippen MR) is 88.7 cm³/mol. The molecule has 0 unspecified atom stereocenters. The third-order valence-electron chi connectivity index (χ3n) is 3.62. The molecule has 0 atom stereocenters. The molecule has 113 valence electrons. The number of hydrogen-bond donors (Lipinski definition) is 0. The Morgan fingerprint density at radius 1 is 0.727 bits per heavy atom. The van der Waals surface area contributed by atoms with Crippen molar-refractivity contribution in [2.24, 2.45) is 0 Å². The maximum absolute atomic E-state index is 12.5. The van der Waals surface area contributed by atoms with Crippen LogP contribution in [-0.4, -0.2) is 44.2 Å². The van der Waals surface area contributed by atoms with Crippen LogP contribution in [-0.2, 0) is 0 Å². The molecule has 1 radical (unpaired) electrons. The summed E-state index contributed by atoms with van der Waals surface area (Å²) in [5.41, 5.74) is 1.27. The van der Waals surface area contributed by atoms with Gasteiger partial charge < -0.3 is 9.13 Å². The summed E-state index contributed by atoms with van der Waals surface area (Å²) in [6.07, 6.45) is 0. The summed E-state index contributed by atoms with van der Waals surface area (Å²) in [7, 11) is 2.03. The summed E-state index contributed by atoms with van der Waals surface area (Å²) < 4.78 is 3.34. The third-order valence-corrected chi connectivity index (χ3v) is 5.97. The highest BCUT2D eigenvalue weighted by Crippen LogP contribution is 2.10. The molecule has 0 saturated carbocycles. The number of benzene rings is 2. The molecular formula is C17H19N2O2Si. The van der Waals surface area contributed by atoms with Crippen molar-refractivity contribution in [3.8, 4) is 0 Å². The van der Waals surface area contributed by atoms with Crippen molar-refractivity contribution < 1.29 is 9.59 Å². The normalized spacial score (nSPS) is 10.4. The molecule has 2 aromatic rings. The van der Waals surface area contributed by atoms with E-state index >= 15 is 0 Å². The fourth-order valence-electron chi connectivity index (χ4n) is 2.07. The lowest BCUT2D eigenvalue weighted by Gasteiger charge is -2.30. The van der Waals surface area contributed by atoms with E-state index in [2.05, 4.69) is 0 Å². The molecular weight excluding hydrogens is 292 g/mol. The molecule has 0 N–H and O–H groups in total. The maximum Gasteiger partial charge on any atom is 0.299 e. The van der Waals surface area contributed by atoms with Crippen molar-refractivity contribution in [2.75, 3.05) is 14.1 Å². The Bertz CT molecular complexity index is 589. The van der Waals surface area contributed by atoms with Gasteiger partial charge in [0.2, 0.25) is 11.8 Å². The van der Waals surface area contributed by atoms with Gasteiger partial charge in [-0.05, 0) is 30.8 Å². The largest absolute Gasteiger partial charge is 0.350 e. The molecule has 0 spiro atoms. The zero-order valence-corrected chi connectivity index (χ0v) is 14.0. The maximum atomic E-state index is 12.5. The van der Waals surface area contributed by atoms with Crippen molar-refractivity contribution in [2.45, 2.75) is 6.55 Å². The van der Waals surface area contributed by atoms with Gasteiger partial charge in [0.1, 0.15) is 0 Å². The Hall–Kier alpha value is -2.40. The number of nitrogens with zero attached hydrogens (tertiary/aromatic N) is 2. The minimum absolute atomic E-state index is 0.0651. The molecule has 5 heteroatoms. The van der Waals surface area contributed by atoms with E-state index in [9.17, 15) is 9.59 Å². The van der Waals surface area contributed by atoms with Crippen LogP contribution in [0.1, 0.15) is 20.7 Å². The summed E-state index contributed by atoms with van der Waals surface area (Å²) >= 11 is 0. The van der Waals surface area contributed by atoms with Gasteiger partial charge in [-0.15, -0.1) is 0 Å². The second-order valence-electron chi connectivity index (χ2n) is 5.01. The zero-order chi connectivity index (χ0) is 16.1. The first-order valence-corrected chi connectivity index (χ1v) is 8.91. The quantitative estimate of drug-likeness (QED) is 0.815. The van der Waals surface area contributed by atoms with Gasteiger partial charge in [0.15, 0.2) is 0 Å². The summed E-state index contributed by atoms with van der Waals surface area (Å²) in [5.74, 6) is -0.130. The van der Waals surface area contributed by atoms with E-state index in [0.29, 0.717) is 11.1 Å². The highest BCUT2D eigenvalue weighted by atomic mass is 28.3. The number of carbonyl (C=O) groups is 2. The Balaban J connectivity index is 2.11. The minimum atomic E-state index is -1.47. The molecule has 0 saturated heterocycles. The van der Waals surface area contributed by atoms with Crippen molar-refractivity contribution in [3.63, 3.8) is 0 Å². The first-order valence-electron chi connectivity index (χ1n) is 7.02. The van der Waals surface area contributed by atoms with Crippen molar-refractivity contribution in [3.05, 3.63) is 71.8 Å². The van der Waals surface area contributed by atoms with Gasteiger partial charge in [-0.25, -0.2) is 0 Å². The molecule has 4 nitrogen and oxygen atoms in total. The number of rotatable bonds is 4. The van der Waals surface area contributed by atoms with Gasteiger partial charge in [-0.1, -0.05) is 36.4 Å². The molecule has 0 bridgehead atoms. The van der Waals surface area contributed by atoms with Gasteiger partial charge in [0.25, 0.3) is 9.12 Å². The van der Waals surface area contributed by atoms with E-state index in [0.717, 1.165) is 0 Å². The second-order valence-corrected chi connectivity index (χ2v) is 7.44. The molecule has 0 fully saturated rings. The van der Waals surface area contributed by atoms with Crippen LogP contribution < -0.4 is 0 Å². The molecule has 0 aliphatic heterocycles. The first kappa shape index (κ1) is 16.0. The lowest BCUT2D eigenvalue weighted by atomic mass is 10.2. The molecule has 2 amide bonds. The van der Waals surface area contributed by atoms with Crippen LogP contribution in [0.2, 0.25) is 6.55 Å². The van der Waals surface area contributed by atoms with Gasteiger partial charge in [0.05, 0.1) is 0 Å². The predicted octanol–water partition coefficient (Wildman–Crippen LogP) is 2.65. The van der Waals surface area contributed by atoms with E-state index in [1.807, 2.05) is 42.9 Å².